The van der Waals surface area contributed by atoms with Crippen LogP contribution >= 0.6 is 0 Å². The van der Waals surface area contributed by atoms with Crippen LogP contribution in [0, 0.1) is 24.0 Å². The van der Waals surface area contributed by atoms with Crippen molar-refractivity contribution in [2.24, 2.45) is 0 Å². The van der Waals surface area contributed by atoms with Crippen molar-refractivity contribution in [3.8, 4) is 0 Å². The summed E-state index contributed by atoms with van der Waals surface area (Å²) in [5, 5.41) is 13.6. The fourth-order valence-corrected chi connectivity index (χ4v) is 3.44. The van der Waals surface area contributed by atoms with E-state index < -0.39 is 4.92 Å². The van der Waals surface area contributed by atoms with E-state index in [1.807, 2.05) is 41.0 Å². The van der Waals surface area contributed by atoms with E-state index >= 15 is 0 Å². The van der Waals surface area contributed by atoms with E-state index in [0.29, 0.717) is 43.9 Å². The molecule has 0 aromatic heterocycles. The third-order valence-corrected chi connectivity index (χ3v) is 5.26. The monoisotopic (exact) mass is 410 g/mol. The highest BCUT2D eigenvalue weighted by Gasteiger charge is 2.22. The number of amides is 2. The number of aryl methyl sites for hydroxylation is 2. The number of hydrogen-bond donors (Lipinski definition) is 1. The Bertz CT molecular complexity index is 935. The second kappa shape index (κ2) is 9.49. The quantitative estimate of drug-likeness (QED) is 0.583. The molecule has 0 saturated carbocycles. The number of carbonyl (C=O) groups is 2. The summed E-state index contributed by atoms with van der Waals surface area (Å²) in [7, 11) is 0. The molecule has 1 heterocycles. The van der Waals surface area contributed by atoms with Gasteiger partial charge in [-0.3, -0.25) is 24.6 Å². The first kappa shape index (κ1) is 21.4. The molecule has 30 heavy (non-hydrogen) atoms. The van der Waals surface area contributed by atoms with Crippen molar-refractivity contribution in [2.45, 2.75) is 20.3 Å². The van der Waals surface area contributed by atoms with Gasteiger partial charge in [0, 0.05) is 44.0 Å². The number of carbonyl (C=O) groups excluding carboxylic acids is 2. The van der Waals surface area contributed by atoms with Gasteiger partial charge in [-0.2, -0.15) is 0 Å². The maximum atomic E-state index is 12.5. The fourth-order valence-electron chi connectivity index (χ4n) is 3.44. The molecule has 0 unspecified atom stereocenters. The van der Waals surface area contributed by atoms with E-state index in [2.05, 4.69) is 5.32 Å². The van der Waals surface area contributed by atoms with Crippen LogP contribution in [-0.2, 0) is 16.0 Å². The van der Waals surface area contributed by atoms with Gasteiger partial charge in [0.1, 0.15) is 0 Å². The van der Waals surface area contributed by atoms with Crippen molar-refractivity contribution < 1.29 is 14.5 Å². The van der Waals surface area contributed by atoms with Gasteiger partial charge in [0.2, 0.25) is 11.8 Å². The Morgan fingerprint density at radius 1 is 1.03 bits per heavy atom. The van der Waals surface area contributed by atoms with Crippen LogP contribution in [0.3, 0.4) is 0 Å². The minimum atomic E-state index is -0.460. The Labute approximate surface area is 175 Å². The van der Waals surface area contributed by atoms with Gasteiger partial charge in [-0.05, 0) is 31.0 Å². The summed E-state index contributed by atoms with van der Waals surface area (Å²) >= 11 is 0. The molecular weight excluding hydrogens is 384 g/mol. The lowest BCUT2D eigenvalue weighted by atomic mass is 10.1. The highest BCUT2D eigenvalue weighted by molar-refractivity contribution is 5.93. The molecule has 0 atom stereocenters. The molecule has 0 bridgehead atoms. The lowest BCUT2D eigenvalue weighted by Crippen LogP contribution is -2.50. The van der Waals surface area contributed by atoms with E-state index in [1.54, 1.807) is 13.0 Å². The van der Waals surface area contributed by atoms with Crippen LogP contribution in [0.15, 0.2) is 42.5 Å². The predicted octanol–water partition coefficient (Wildman–Crippen LogP) is 2.54. The molecular formula is C22H26N4O4. The number of rotatable bonds is 6. The molecule has 1 saturated heterocycles. The number of hydrogen-bond acceptors (Lipinski definition) is 5. The summed E-state index contributed by atoms with van der Waals surface area (Å²) in [6, 6.07) is 12.3. The number of nitrogens with zero attached hydrogens (tertiary/aromatic N) is 3. The van der Waals surface area contributed by atoms with Crippen LogP contribution in [0.2, 0.25) is 0 Å². The number of anilines is 1. The highest BCUT2D eigenvalue weighted by Crippen LogP contribution is 2.21. The van der Waals surface area contributed by atoms with Crippen molar-refractivity contribution in [3.05, 3.63) is 69.3 Å². The third kappa shape index (κ3) is 5.64. The van der Waals surface area contributed by atoms with Gasteiger partial charge in [-0.25, -0.2) is 0 Å². The fraction of sp³-hybridized carbons (Fsp3) is 0.364. The number of benzene rings is 2. The smallest absolute Gasteiger partial charge is 0.269 e. The van der Waals surface area contributed by atoms with Crippen molar-refractivity contribution >= 4 is 23.2 Å². The van der Waals surface area contributed by atoms with Crippen LogP contribution < -0.4 is 5.32 Å². The van der Waals surface area contributed by atoms with Gasteiger partial charge in [-0.15, -0.1) is 0 Å². The molecule has 1 N–H and O–H groups in total. The zero-order valence-electron chi connectivity index (χ0n) is 17.3. The maximum Gasteiger partial charge on any atom is 0.269 e. The Hall–Kier alpha value is -3.26. The molecule has 2 amide bonds. The maximum absolute atomic E-state index is 12.5. The minimum Gasteiger partial charge on any atom is -0.340 e. The van der Waals surface area contributed by atoms with Crippen molar-refractivity contribution in [1.29, 1.82) is 0 Å². The summed E-state index contributed by atoms with van der Waals surface area (Å²) in [5.74, 6) is -0.0733. The standard InChI is InChI=1S/C22H26N4O4/c1-16-3-5-18(6-4-16)14-22(28)25-11-9-24(10-12-25)15-21(27)23-20-8-7-19(26(29)30)13-17(20)2/h3-8,13H,9-12,14-15H2,1-2H3,(H,23,27). The van der Waals surface area contributed by atoms with Gasteiger partial charge in [0.05, 0.1) is 17.9 Å². The SMILES string of the molecule is Cc1ccc(CC(=O)N2CCN(CC(=O)Nc3ccc([N+](=O)[O-])cc3C)CC2)cc1. The van der Waals surface area contributed by atoms with Crippen LogP contribution in [0.5, 0.6) is 0 Å². The Balaban J connectivity index is 1.46. The van der Waals surface area contributed by atoms with Crippen LogP contribution in [0.25, 0.3) is 0 Å². The number of nitro benzene ring substituents is 1. The zero-order valence-corrected chi connectivity index (χ0v) is 17.3. The summed E-state index contributed by atoms with van der Waals surface area (Å²) in [6.45, 7) is 6.41. The largest absolute Gasteiger partial charge is 0.340 e. The number of nitrogens with one attached hydrogen (secondary N) is 1. The first-order chi connectivity index (χ1) is 14.3. The van der Waals surface area contributed by atoms with Crippen LogP contribution in [0.4, 0.5) is 11.4 Å². The Morgan fingerprint density at radius 3 is 2.30 bits per heavy atom. The lowest BCUT2D eigenvalue weighted by molar-refractivity contribution is -0.384. The van der Waals surface area contributed by atoms with Gasteiger partial charge >= 0.3 is 0 Å². The topological polar surface area (TPSA) is 95.8 Å². The molecule has 0 spiro atoms. The average molecular weight is 410 g/mol. The van der Waals surface area contributed by atoms with Gasteiger partial charge in [0.25, 0.3) is 5.69 Å². The molecule has 3 rings (SSSR count). The number of non-ortho nitro benzene ring substituents is 1. The molecule has 1 fully saturated rings. The first-order valence-electron chi connectivity index (χ1n) is 9.92. The summed E-state index contributed by atoms with van der Waals surface area (Å²) < 4.78 is 0. The molecule has 0 aliphatic carbocycles. The Morgan fingerprint density at radius 2 is 1.70 bits per heavy atom. The second-order valence-corrected chi connectivity index (χ2v) is 7.62. The molecule has 1 aliphatic heterocycles. The first-order valence-corrected chi connectivity index (χ1v) is 9.92. The summed E-state index contributed by atoms with van der Waals surface area (Å²) in [4.78, 5) is 39.1. The third-order valence-electron chi connectivity index (χ3n) is 5.26. The Kier molecular flexibility index (Phi) is 6.79. The van der Waals surface area contributed by atoms with Crippen LogP contribution in [0.1, 0.15) is 16.7 Å². The molecule has 2 aromatic rings. The number of piperazine rings is 1. The highest BCUT2D eigenvalue weighted by atomic mass is 16.6. The predicted molar refractivity (Wildman–Crippen MR) is 114 cm³/mol. The van der Waals surface area contributed by atoms with E-state index in [0.717, 1.165) is 5.56 Å². The van der Waals surface area contributed by atoms with E-state index in [1.165, 1.54) is 17.7 Å². The zero-order chi connectivity index (χ0) is 21.7. The molecule has 8 nitrogen and oxygen atoms in total. The minimum absolute atomic E-state index is 0.00285. The second-order valence-electron chi connectivity index (χ2n) is 7.62. The molecule has 158 valence electrons. The van der Waals surface area contributed by atoms with Crippen molar-refractivity contribution in [1.82, 2.24) is 9.80 Å². The molecule has 8 heteroatoms. The molecule has 2 aromatic carbocycles. The van der Waals surface area contributed by atoms with Crippen molar-refractivity contribution in [2.75, 3.05) is 38.0 Å². The van der Waals surface area contributed by atoms with E-state index in [9.17, 15) is 19.7 Å². The summed E-state index contributed by atoms with van der Waals surface area (Å²) in [6.07, 6.45) is 0.389. The number of nitro groups is 1. The van der Waals surface area contributed by atoms with Gasteiger partial charge in [0.15, 0.2) is 0 Å². The summed E-state index contributed by atoms with van der Waals surface area (Å²) in [5.41, 5.74) is 3.38. The van der Waals surface area contributed by atoms with E-state index in [-0.39, 0.29) is 24.0 Å². The van der Waals surface area contributed by atoms with Gasteiger partial charge < -0.3 is 10.2 Å². The van der Waals surface area contributed by atoms with Gasteiger partial charge in [-0.1, -0.05) is 29.8 Å². The van der Waals surface area contributed by atoms with Crippen LogP contribution in [-0.4, -0.2) is 59.3 Å². The average Bonchev–Trinajstić information content (AvgIpc) is 2.71. The lowest BCUT2D eigenvalue weighted by Gasteiger charge is -2.34. The molecule has 0 radical (unpaired) electrons. The van der Waals surface area contributed by atoms with Crippen molar-refractivity contribution in [3.63, 3.8) is 0 Å². The normalized spacial score (nSPS) is 14.4. The molecule has 1 aliphatic rings. The van der Waals surface area contributed by atoms with E-state index in [4.69, 9.17) is 0 Å².